The molecule has 0 aliphatic carbocycles. The zero-order valence-corrected chi connectivity index (χ0v) is 14.3. The average molecular weight is 317 g/mol. The Morgan fingerprint density at radius 3 is 2.87 bits per heavy atom. The molecule has 1 N–H and O–H groups in total. The number of hydrogen-bond acceptors (Lipinski definition) is 4. The molecule has 1 aromatic carbocycles. The second-order valence-electron chi connectivity index (χ2n) is 5.83. The molecular weight excluding hydrogens is 290 g/mol. The van der Waals surface area contributed by atoms with Gasteiger partial charge in [-0.2, -0.15) is 0 Å². The van der Waals surface area contributed by atoms with Crippen LogP contribution in [-0.4, -0.2) is 29.8 Å². The van der Waals surface area contributed by atoms with Crippen molar-refractivity contribution < 1.29 is 9.47 Å². The Morgan fingerprint density at radius 1 is 1.30 bits per heavy atom. The maximum absolute atomic E-state index is 5.68. The highest BCUT2D eigenvalue weighted by Crippen LogP contribution is 2.28. The number of methoxy groups -OCH3 is 1. The Kier molecular flexibility index (Phi) is 6.94. The van der Waals surface area contributed by atoms with Crippen molar-refractivity contribution in [1.82, 2.24) is 14.9 Å². The molecule has 0 bridgehead atoms. The molecule has 1 heterocycles. The van der Waals surface area contributed by atoms with Gasteiger partial charge in [-0.25, -0.2) is 4.98 Å². The SMILES string of the molecule is CCCOc1ccc(CNCC(C)Cn2ccnc2)cc1OC. The van der Waals surface area contributed by atoms with Gasteiger partial charge in [0.2, 0.25) is 0 Å². The minimum absolute atomic E-state index is 0.540. The van der Waals surface area contributed by atoms with E-state index in [1.165, 1.54) is 5.56 Å². The third kappa shape index (κ3) is 5.60. The molecule has 1 aromatic heterocycles. The first-order chi connectivity index (χ1) is 11.2. The van der Waals surface area contributed by atoms with Gasteiger partial charge in [0.25, 0.3) is 0 Å². The predicted molar refractivity (Wildman–Crippen MR) is 91.9 cm³/mol. The predicted octanol–water partition coefficient (Wildman–Crippen LogP) is 3.11. The summed E-state index contributed by atoms with van der Waals surface area (Å²) >= 11 is 0. The van der Waals surface area contributed by atoms with E-state index in [4.69, 9.17) is 9.47 Å². The van der Waals surface area contributed by atoms with Gasteiger partial charge >= 0.3 is 0 Å². The Hall–Kier alpha value is -2.01. The molecule has 5 nitrogen and oxygen atoms in total. The van der Waals surface area contributed by atoms with Gasteiger partial charge in [0.1, 0.15) is 0 Å². The molecule has 1 unspecified atom stereocenters. The van der Waals surface area contributed by atoms with Gasteiger partial charge in [-0.05, 0) is 36.6 Å². The summed E-state index contributed by atoms with van der Waals surface area (Å²) in [5.74, 6) is 2.15. The molecule has 1 atom stereocenters. The number of hydrogen-bond donors (Lipinski definition) is 1. The van der Waals surface area contributed by atoms with Crippen LogP contribution in [-0.2, 0) is 13.1 Å². The van der Waals surface area contributed by atoms with E-state index in [1.54, 1.807) is 7.11 Å². The van der Waals surface area contributed by atoms with Gasteiger partial charge in [-0.1, -0.05) is 19.9 Å². The van der Waals surface area contributed by atoms with Crippen LogP contribution in [0.1, 0.15) is 25.8 Å². The molecule has 0 saturated carbocycles. The lowest BCUT2D eigenvalue weighted by molar-refractivity contribution is 0.294. The lowest BCUT2D eigenvalue weighted by Crippen LogP contribution is -2.23. The van der Waals surface area contributed by atoms with Crippen LogP contribution in [0.3, 0.4) is 0 Å². The van der Waals surface area contributed by atoms with Gasteiger partial charge in [0.05, 0.1) is 20.0 Å². The molecular formula is C18H27N3O2. The van der Waals surface area contributed by atoms with Crippen LogP contribution in [0.2, 0.25) is 0 Å². The van der Waals surface area contributed by atoms with E-state index in [1.807, 2.05) is 30.9 Å². The summed E-state index contributed by atoms with van der Waals surface area (Å²) in [6.45, 7) is 7.78. The number of ether oxygens (including phenoxy) is 2. The summed E-state index contributed by atoms with van der Waals surface area (Å²) in [5, 5.41) is 3.50. The average Bonchev–Trinajstić information content (AvgIpc) is 3.06. The van der Waals surface area contributed by atoms with Crippen LogP contribution < -0.4 is 14.8 Å². The van der Waals surface area contributed by atoms with Crippen molar-refractivity contribution in [1.29, 1.82) is 0 Å². The van der Waals surface area contributed by atoms with E-state index in [0.29, 0.717) is 12.5 Å². The third-order valence-electron chi connectivity index (χ3n) is 3.59. The van der Waals surface area contributed by atoms with E-state index in [-0.39, 0.29) is 0 Å². The Morgan fingerprint density at radius 2 is 2.17 bits per heavy atom. The molecule has 126 valence electrons. The van der Waals surface area contributed by atoms with E-state index in [9.17, 15) is 0 Å². The molecule has 0 spiro atoms. The highest BCUT2D eigenvalue weighted by molar-refractivity contribution is 5.42. The van der Waals surface area contributed by atoms with Gasteiger partial charge in [-0.15, -0.1) is 0 Å². The first kappa shape index (κ1) is 17.3. The second-order valence-corrected chi connectivity index (χ2v) is 5.83. The molecule has 2 aromatic rings. The Balaban J connectivity index is 1.80. The number of benzene rings is 1. The lowest BCUT2D eigenvalue weighted by atomic mass is 10.1. The van der Waals surface area contributed by atoms with Gasteiger partial charge in [0.15, 0.2) is 11.5 Å². The van der Waals surface area contributed by atoms with Crippen LogP contribution in [0.5, 0.6) is 11.5 Å². The Labute approximate surface area is 138 Å². The summed E-state index contributed by atoms with van der Waals surface area (Å²) in [6, 6.07) is 6.11. The normalized spacial score (nSPS) is 12.1. The first-order valence-electron chi connectivity index (χ1n) is 8.19. The largest absolute Gasteiger partial charge is 0.493 e. The third-order valence-corrected chi connectivity index (χ3v) is 3.59. The van der Waals surface area contributed by atoms with Gasteiger partial charge in [0, 0.05) is 25.5 Å². The van der Waals surface area contributed by atoms with Crippen molar-refractivity contribution >= 4 is 0 Å². The quantitative estimate of drug-likeness (QED) is 0.731. The van der Waals surface area contributed by atoms with Crippen molar-refractivity contribution in [3.63, 3.8) is 0 Å². The number of rotatable bonds is 10. The maximum atomic E-state index is 5.68. The fraction of sp³-hybridized carbons (Fsp3) is 0.500. The molecule has 0 fully saturated rings. The monoisotopic (exact) mass is 317 g/mol. The first-order valence-corrected chi connectivity index (χ1v) is 8.19. The highest BCUT2D eigenvalue weighted by Gasteiger charge is 2.07. The standard InChI is InChI=1S/C18H27N3O2/c1-4-9-23-17-6-5-16(10-18(17)22-3)12-20-11-15(2)13-21-8-7-19-14-21/h5-8,10,14-15,20H,4,9,11-13H2,1-3H3. The fourth-order valence-corrected chi connectivity index (χ4v) is 2.44. The Bertz CT molecular complexity index is 570. The van der Waals surface area contributed by atoms with Crippen LogP contribution in [0.25, 0.3) is 0 Å². The van der Waals surface area contributed by atoms with Gasteiger partial charge < -0.3 is 19.4 Å². The summed E-state index contributed by atoms with van der Waals surface area (Å²) in [5.41, 5.74) is 1.19. The fourth-order valence-electron chi connectivity index (χ4n) is 2.44. The molecule has 0 aliphatic rings. The van der Waals surface area contributed by atoms with Gasteiger partial charge in [-0.3, -0.25) is 0 Å². The second kappa shape index (κ2) is 9.20. The maximum Gasteiger partial charge on any atom is 0.161 e. The number of aromatic nitrogens is 2. The molecule has 0 amide bonds. The van der Waals surface area contributed by atoms with E-state index in [0.717, 1.165) is 37.6 Å². The molecule has 0 radical (unpaired) electrons. The van der Waals surface area contributed by atoms with Crippen molar-refractivity contribution in [2.75, 3.05) is 20.3 Å². The number of nitrogens with zero attached hydrogens (tertiary/aromatic N) is 2. The van der Waals surface area contributed by atoms with Crippen molar-refractivity contribution in [2.24, 2.45) is 5.92 Å². The minimum Gasteiger partial charge on any atom is -0.493 e. The zero-order valence-electron chi connectivity index (χ0n) is 14.3. The molecule has 5 heteroatoms. The molecule has 2 rings (SSSR count). The van der Waals surface area contributed by atoms with Crippen LogP contribution in [0.4, 0.5) is 0 Å². The topological polar surface area (TPSA) is 48.3 Å². The summed E-state index contributed by atoms with van der Waals surface area (Å²) in [6.07, 6.45) is 6.66. The van der Waals surface area contributed by atoms with Crippen LogP contribution in [0, 0.1) is 5.92 Å². The summed E-state index contributed by atoms with van der Waals surface area (Å²) in [7, 11) is 1.68. The zero-order chi connectivity index (χ0) is 16.5. The minimum atomic E-state index is 0.540. The number of nitrogens with one attached hydrogen (secondary N) is 1. The lowest BCUT2D eigenvalue weighted by Gasteiger charge is -2.15. The molecule has 0 saturated heterocycles. The van der Waals surface area contributed by atoms with Crippen molar-refractivity contribution in [3.05, 3.63) is 42.5 Å². The van der Waals surface area contributed by atoms with E-state index >= 15 is 0 Å². The van der Waals surface area contributed by atoms with Crippen molar-refractivity contribution in [3.8, 4) is 11.5 Å². The molecule has 0 aliphatic heterocycles. The van der Waals surface area contributed by atoms with E-state index in [2.05, 4.69) is 34.8 Å². The number of imidazole rings is 1. The van der Waals surface area contributed by atoms with E-state index < -0.39 is 0 Å². The highest BCUT2D eigenvalue weighted by atomic mass is 16.5. The summed E-state index contributed by atoms with van der Waals surface area (Å²) < 4.78 is 13.2. The van der Waals surface area contributed by atoms with Crippen LogP contribution in [0.15, 0.2) is 36.9 Å². The molecule has 23 heavy (non-hydrogen) atoms. The smallest absolute Gasteiger partial charge is 0.161 e. The summed E-state index contributed by atoms with van der Waals surface area (Å²) in [4.78, 5) is 4.07. The van der Waals surface area contributed by atoms with Crippen LogP contribution >= 0.6 is 0 Å². The van der Waals surface area contributed by atoms with Crippen molar-refractivity contribution in [2.45, 2.75) is 33.4 Å².